The van der Waals surface area contributed by atoms with Crippen molar-refractivity contribution in [1.82, 2.24) is 4.98 Å². The molecule has 0 aliphatic heterocycles. The normalized spacial score (nSPS) is 9.85. The zero-order valence-electron chi connectivity index (χ0n) is 10.3. The number of carbonyl (C=O) groups excluding carboxylic acids is 2. The van der Waals surface area contributed by atoms with Crippen molar-refractivity contribution in [1.29, 1.82) is 0 Å². The largest absolute Gasteiger partial charge is 0.351 e. The molecule has 1 aromatic heterocycles. The fraction of sp³-hybridized carbons (Fsp3) is 0. The Balaban J connectivity index is 2.09. The lowest BCUT2D eigenvalue weighted by atomic mass is 10.2. The van der Waals surface area contributed by atoms with E-state index in [1.807, 2.05) is 0 Å². The lowest BCUT2D eigenvalue weighted by Gasteiger charge is -2.07. The van der Waals surface area contributed by atoms with E-state index in [0.29, 0.717) is 16.4 Å². The fourth-order valence-electron chi connectivity index (χ4n) is 1.52. The van der Waals surface area contributed by atoms with Crippen molar-refractivity contribution in [3.05, 3.63) is 53.3 Å². The van der Waals surface area contributed by atoms with Crippen LogP contribution in [0.3, 0.4) is 0 Å². The number of rotatable bonds is 3. The Labute approximate surface area is 120 Å². The summed E-state index contributed by atoms with van der Waals surface area (Å²) in [4.78, 5) is 26.5. The molecule has 3 amide bonds. The number of urea groups is 1. The Bertz CT molecular complexity index is 643. The van der Waals surface area contributed by atoms with Gasteiger partial charge in [0.25, 0.3) is 5.91 Å². The summed E-state index contributed by atoms with van der Waals surface area (Å²) in [7, 11) is 0. The molecule has 6 nitrogen and oxygen atoms in total. The van der Waals surface area contributed by atoms with Crippen LogP contribution in [-0.4, -0.2) is 16.9 Å². The molecule has 4 N–H and O–H groups in total. The molecular formula is C13H11ClN4O2. The van der Waals surface area contributed by atoms with Gasteiger partial charge in [0.15, 0.2) is 0 Å². The minimum Gasteiger partial charge on any atom is -0.351 e. The van der Waals surface area contributed by atoms with Crippen LogP contribution in [0.4, 0.5) is 16.2 Å². The zero-order chi connectivity index (χ0) is 14.5. The Kier molecular flexibility index (Phi) is 4.17. The van der Waals surface area contributed by atoms with Crippen LogP contribution in [0.1, 0.15) is 10.4 Å². The zero-order valence-corrected chi connectivity index (χ0v) is 11.0. The molecule has 0 radical (unpaired) electrons. The average molecular weight is 291 g/mol. The molecule has 0 fully saturated rings. The van der Waals surface area contributed by atoms with Gasteiger partial charge in [-0.05, 0) is 30.3 Å². The first-order valence-electron chi connectivity index (χ1n) is 5.63. The van der Waals surface area contributed by atoms with Crippen LogP contribution in [0.2, 0.25) is 5.02 Å². The van der Waals surface area contributed by atoms with Crippen molar-refractivity contribution in [3.8, 4) is 0 Å². The summed E-state index contributed by atoms with van der Waals surface area (Å²) < 4.78 is 0. The van der Waals surface area contributed by atoms with Crippen molar-refractivity contribution in [2.24, 2.45) is 5.73 Å². The van der Waals surface area contributed by atoms with E-state index in [1.54, 1.807) is 24.3 Å². The number of anilines is 2. The first-order valence-corrected chi connectivity index (χ1v) is 6.01. The van der Waals surface area contributed by atoms with Crippen LogP contribution in [0.25, 0.3) is 0 Å². The van der Waals surface area contributed by atoms with E-state index in [0.717, 1.165) is 0 Å². The molecule has 0 bridgehead atoms. The third kappa shape index (κ3) is 3.46. The Morgan fingerprint density at radius 3 is 2.20 bits per heavy atom. The van der Waals surface area contributed by atoms with Crippen LogP contribution in [-0.2, 0) is 0 Å². The number of halogens is 1. The summed E-state index contributed by atoms with van der Waals surface area (Å²) in [6.45, 7) is 0. The Morgan fingerprint density at radius 2 is 1.65 bits per heavy atom. The number of hydrogen-bond acceptors (Lipinski definition) is 3. The molecule has 102 valence electrons. The number of nitrogens with zero attached hydrogens (tertiary/aromatic N) is 1. The highest BCUT2D eigenvalue weighted by atomic mass is 35.5. The summed E-state index contributed by atoms with van der Waals surface area (Å²) in [6, 6.07) is 7.39. The second-order valence-electron chi connectivity index (χ2n) is 3.88. The SMILES string of the molecule is NC(=O)Nc1ccc(NC(=O)c2cnccc2Cl)cc1. The smallest absolute Gasteiger partial charge is 0.316 e. The van der Waals surface area contributed by atoms with Crippen LogP contribution in [0, 0.1) is 0 Å². The number of nitrogens with two attached hydrogens (primary N) is 1. The third-order valence-electron chi connectivity index (χ3n) is 2.42. The molecule has 0 atom stereocenters. The highest BCUT2D eigenvalue weighted by Crippen LogP contribution is 2.17. The molecule has 1 heterocycles. The summed E-state index contributed by atoms with van der Waals surface area (Å²) in [5.41, 5.74) is 6.38. The number of primary amides is 1. The maximum atomic E-state index is 12.0. The molecule has 0 aliphatic rings. The first-order chi connectivity index (χ1) is 9.56. The molecule has 2 rings (SSSR count). The highest BCUT2D eigenvalue weighted by molar-refractivity contribution is 6.34. The third-order valence-corrected chi connectivity index (χ3v) is 2.75. The molecule has 0 saturated heterocycles. The summed E-state index contributed by atoms with van der Waals surface area (Å²) in [5.74, 6) is -0.362. The van der Waals surface area contributed by atoms with Crippen LogP contribution in [0.15, 0.2) is 42.7 Å². The van der Waals surface area contributed by atoms with Gasteiger partial charge in [-0.3, -0.25) is 9.78 Å². The minimum absolute atomic E-state index is 0.286. The summed E-state index contributed by atoms with van der Waals surface area (Å²) >= 11 is 5.91. The molecule has 0 aliphatic carbocycles. The van der Waals surface area contributed by atoms with Gasteiger partial charge in [-0.2, -0.15) is 0 Å². The molecule has 0 spiro atoms. The highest BCUT2D eigenvalue weighted by Gasteiger charge is 2.10. The van der Waals surface area contributed by atoms with Gasteiger partial charge in [-0.25, -0.2) is 4.79 Å². The minimum atomic E-state index is -0.649. The maximum absolute atomic E-state index is 12.0. The fourth-order valence-corrected chi connectivity index (χ4v) is 1.71. The van der Waals surface area contributed by atoms with E-state index >= 15 is 0 Å². The van der Waals surface area contributed by atoms with E-state index in [-0.39, 0.29) is 11.5 Å². The number of hydrogen-bond donors (Lipinski definition) is 3. The van der Waals surface area contributed by atoms with Gasteiger partial charge < -0.3 is 16.4 Å². The van der Waals surface area contributed by atoms with Gasteiger partial charge in [0.2, 0.25) is 0 Å². The van der Waals surface area contributed by atoms with Crippen LogP contribution in [0.5, 0.6) is 0 Å². The van der Waals surface area contributed by atoms with Gasteiger partial charge in [0.05, 0.1) is 10.6 Å². The van der Waals surface area contributed by atoms with Gasteiger partial charge in [-0.15, -0.1) is 0 Å². The Hall–Kier alpha value is -2.60. The summed E-state index contributed by atoms with van der Waals surface area (Å²) in [5, 5.41) is 5.42. The van der Waals surface area contributed by atoms with Crippen molar-refractivity contribution in [3.63, 3.8) is 0 Å². The molecule has 1 aromatic carbocycles. The summed E-state index contributed by atoms with van der Waals surface area (Å²) in [6.07, 6.45) is 2.89. The van der Waals surface area contributed by atoms with Crippen molar-refractivity contribution >= 4 is 34.9 Å². The maximum Gasteiger partial charge on any atom is 0.316 e. The molecule has 7 heteroatoms. The molecule has 2 aromatic rings. The van der Waals surface area contributed by atoms with Gasteiger partial charge in [-0.1, -0.05) is 11.6 Å². The Morgan fingerprint density at radius 1 is 1.05 bits per heavy atom. The van der Waals surface area contributed by atoms with Gasteiger partial charge >= 0.3 is 6.03 Å². The molecular weight excluding hydrogens is 280 g/mol. The molecule has 20 heavy (non-hydrogen) atoms. The van der Waals surface area contributed by atoms with E-state index in [1.165, 1.54) is 18.5 Å². The number of aromatic nitrogens is 1. The van der Waals surface area contributed by atoms with Crippen molar-refractivity contribution in [2.75, 3.05) is 10.6 Å². The average Bonchev–Trinajstić information content (AvgIpc) is 2.41. The first kappa shape index (κ1) is 13.8. The topological polar surface area (TPSA) is 97.1 Å². The quantitative estimate of drug-likeness (QED) is 0.810. The number of carbonyl (C=O) groups is 2. The number of pyridine rings is 1. The predicted octanol–water partition coefficient (Wildman–Crippen LogP) is 2.48. The van der Waals surface area contributed by atoms with E-state index in [4.69, 9.17) is 17.3 Å². The molecule has 0 saturated carbocycles. The monoisotopic (exact) mass is 290 g/mol. The second-order valence-corrected chi connectivity index (χ2v) is 4.28. The molecule has 0 unspecified atom stereocenters. The predicted molar refractivity (Wildman–Crippen MR) is 76.8 cm³/mol. The van der Waals surface area contributed by atoms with E-state index in [2.05, 4.69) is 15.6 Å². The van der Waals surface area contributed by atoms with E-state index in [9.17, 15) is 9.59 Å². The van der Waals surface area contributed by atoms with Crippen LogP contribution < -0.4 is 16.4 Å². The second kappa shape index (κ2) is 6.03. The number of amides is 3. The number of nitrogens with one attached hydrogen (secondary N) is 2. The number of benzene rings is 1. The van der Waals surface area contributed by atoms with E-state index < -0.39 is 6.03 Å². The van der Waals surface area contributed by atoms with Crippen molar-refractivity contribution < 1.29 is 9.59 Å². The van der Waals surface area contributed by atoms with Gasteiger partial charge in [0, 0.05) is 23.8 Å². The standard InChI is InChI=1S/C13H11ClN4O2/c14-11-5-6-16-7-10(11)12(19)17-8-1-3-9(4-2-8)18-13(15)20/h1-7H,(H,17,19)(H3,15,18,20). The van der Waals surface area contributed by atoms with Crippen LogP contribution >= 0.6 is 11.6 Å². The lowest BCUT2D eigenvalue weighted by molar-refractivity contribution is 0.102. The van der Waals surface area contributed by atoms with Gasteiger partial charge in [0.1, 0.15) is 0 Å². The lowest BCUT2D eigenvalue weighted by Crippen LogP contribution is -2.19. The van der Waals surface area contributed by atoms with Crippen molar-refractivity contribution in [2.45, 2.75) is 0 Å².